The maximum atomic E-state index is 11.9. The largest absolute Gasteiger partial charge is 0.466 e. The Morgan fingerprint density at radius 1 is 1.59 bits per heavy atom. The van der Waals surface area contributed by atoms with Crippen LogP contribution in [0.4, 0.5) is 0 Å². The lowest BCUT2D eigenvalue weighted by atomic mass is 9.75. The van der Waals surface area contributed by atoms with Crippen molar-refractivity contribution in [2.45, 2.75) is 64.2 Å². The highest BCUT2D eigenvalue weighted by molar-refractivity contribution is 5.72. The first-order valence-corrected chi connectivity index (χ1v) is 7.88. The number of carbonyl (C=O) groups is 1. The van der Waals surface area contributed by atoms with E-state index in [1.807, 2.05) is 0 Å². The molecule has 124 valence electrons. The summed E-state index contributed by atoms with van der Waals surface area (Å²) in [6.07, 6.45) is 5.87. The Hall–Kier alpha value is -1.40. The molecular weight excluding hydrogens is 284 g/mol. The van der Waals surface area contributed by atoms with Gasteiger partial charge in [0.1, 0.15) is 0 Å². The van der Waals surface area contributed by atoms with Gasteiger partial charge in [-0.25, -0.2) is 0 Å². The van der Waals surface area contributed by atoms with Crippen LogP contribution in [0.3, 0.4) is 0 Å². The minimum Gasteiger partial charge on any atom is -0.466 e. The molecule has 0 spiro atoms. The maximum Gasteiger partial charge on any atom is 0.309 e. The van der Waals surface area contributed by atoms with Gasteiger partial charge in [-0.15, -0.1) is 0 Å². The second-order valence-electron chi connectivity index (χ2n) is 6.82. The zero-order valence-electron chi connectivity index (χ0n) is 13.6. The van der Waals surface area contributed by atoms with Crippen LogP contribution in [0.5, 0.6) is 0 Å². The highest BCUT2D eigenvalue weighted by Crippen LogP contribution is 2.40. The summed E-state index contributed by atoms with van der Waals surface area (Å²) in [5.74, 6) is -0.499. The van der Waals surface area contributed by atoms with Crippen LogP contribution < -0.4 is 0 Å². The van der Waals surface area contributed by atoms with Gasteiger partial charge in [-0.05, 0) is 46.5 Å². The van der Waals surface area contributed by atoms with Gasteiger partial charge in [-0.3, -0.25) is 9.48 Å². The number of hydrogen-bond acceptors (Lipinski definition) is 5. The quantitative estimate of drug-likeness (QED) is 0.807. The van der Waals surface area contributed by atoms with E-state index in [4.69, 9.17) is 4.74 Å². The van der Waals surface area contributed by atoms with E-state index >= 15 is 0 Å². The topological polar surface area (TPSA) is 84.6 Å². The normalized spacial score (nSPS) is 26.0. The summed E-state index contributed by atoms with van der Waals surface area (Å²) in [5, 5.41) is 25.0. The van der Waals surface area contributed by atoms with Gasteiger partial charge in [0.2, 0.25) is 0 Å². The first-order valence-electron chi connectivity index (χ1n) is 7.88. The minimum absolute atomic E-state index is 0.232. The molecule has 0 aliphatic heterocycles. The lowest BCUT2D eigenvalue weighted by molar-refractivity contribution is -0.153. The van der Waals surface area contributed by atoms with Gasteiger partial charge in [0.15, 0.2) is 0 Å². The first kappa shape index (κ1) is 17.0. The van der Waals surface area contributed by atoms with Crippen LogP contribution in [0.2, 0.25) is 0 Å². The summed E-state index contributed by atoms with van der Waals surface area (Å²) in [4.78, 5) is 11.9. The molecule has 0 bridgehead atoms. The Bertz CT molecular complexity index is 520. The van der Waals surface area contributed by atoms with Crippen LogP contribution >= 0.6 is 0 Å². The number of rotatable bonds is 5. The summed E-state index contributed by atoms with van der Waals surface area (Å²) in [6.45, 7) is 5.91. The molecule has 2 unspecified atom stereocenters. The number of nitrogens with zero attached hydrogens (tertiary/aromatic N) is 2. The van der Waals surface area contributed by atoms with Crippen LogP contribution in [-0.2, 0) is 21.7 Å². The standard InChI is InChI=1S/C16H26N2O4/c1-4-22-14(19)12-6-5-7-16(21,8-12)13-9-17-18(10-13)11-15(2,3)20/h9-10,12,20-21H,4-8,11H2,1-3H3. The van der Waals surface area contributed by atoms with Crippen molar-refractivity contribution in [3.05, 3.63) is 18.0 Å². The van der Waals surface area contributed by atoms with Gasteiger partial charge in [0, 0.05) is 11.8 Å². The SMILES string of the molecule is CCOC(=O)C1CCCC(O)(c2cnn(CC(C)(C)O)c2)C1. The van der Waals surface area contributed by atoms with Gasteiger partial charge in [0.05, 0.1) is 36.5 Å². The molecule has 0 amide bonds. The van der Waals surface area contributed by atoms with Crippen molar-refractivity contribution in [3.63, 3.8) is 0 Å². The molecule has 1 aromatic rings. The second kappa shape index (κ2) is 6.38. The third-order valence-electron chi connectivity index (χ3n) is 4.07. The summed E-state index contributed by atoms with van der Waals surface area (Å²) in [7, 11) is 0. The van der Waals surface area contributed by atoms with Crippen molar-refractivity contribution in [3.8, 4) is 0 Å². The van der Waals surface area contributed by atoms with Gasteiger partial charge in [0.25, 0.3) is 0 Å². The minimum atomic E-state index is -1.05. The van der Waals surface area contributed by atoms with Crippen molar-refractivity contribution < 1.29 is 19.7 Å². The van der Waals surface area contributed by atoms with Crippen molar-refractivity contribution in [2.75, 3.05) is 6.61 Å². The molecule has 0 saturated heterocycles. The molecule has 1 saturated carbocycles. The predicted molar refractivity (Wildman–Crippen MR) is 81.0 cm³/mol. The number of carbonyl (C=O) groups excluding carboxylic acids is 1. The molecule has 6 nitrogen and oxygen atoms in total. The zero-order valence-corrected chi connectivity index (χ0v) is 13.6. The number of ether oxygens (including phenoxy) is 1. The van der Waals surface area contributed by atoms with Crippen molar-refractivity contribution in [1.29, 1.82) is 0 Å². The Labute approximate surface area is 131 Å². The van der Waals surface area contributed by atoms with Crippen molar-refractivity contribution in [2.24, 2.45) is 5.92 Å². The lowest BCUT2D eigenvalue weighted by Crippen LogP contribution is -2.36. The third-order valence-corrected chi connectivity index (χ3v) is 4.07. The summed E-state index contributed by atoms with van der Waals surface area (Å²) in [5.41, 5.74) is -1.22. The van der Waals surface area contributed by atoms with Gasteiger partial charge < -0.3 is 14.9 Å². The van der Waals surface area contributed by atoms with E-state index < -0.39 is 11.2 Å². The van der Waals surface area contributed by atoms with E-state index in [2.05, 4.69) is 5.10 Å². The molecule has 2 atom stereocenters. The Morgan fingerprint density at radius 2 is 2.32 bits per heavy atom. The predicted octanol–water partition coefficient (Wildman–Crippen LogP) is 1.59. The Balaban J connectivity index is 2.11. The highest BCUT2D eigenvalue weighted by atomic mass is 16.5. The molecule has 0 radical (unpaired) electrons. The molecule has 1 aliphatic carbocycles. The fraction of sp³-hybridized carbons (Fsp3) is 0.750. The number of esters is 1. The highest BCUT2D eigenvalue weighted by Gasteiger charge is 2.40. The summed E-state index contributed by atoms with van der Waals surface area (Å²) in [6, 6.07) is 0. The molecular formula is C16H26N2O4. The monoisotopic (exact) mass is 310 g/mol. The van der Waals surface area contributed by atoms with E-state index in [1.165, 1.54) is 0 Å². The molecule has 22 heavy (non-hydrogen) atoms. The zero-order chi connectivity index (χ0) is 16.4. The molecule has 1 aromatic heterocycles. The average molecular weight is 310 g/mol. The maximum absolute atomic E-state index is 11.9. The van der Waals surface area contributed by atoms with Gasteiger partial charge in [-0.1, -0.05) is 0 Å². The number of aromatic nitrogens is 2. The Morgan fingerprint density at radius 3 is 2.95 bits per heavy atom. The lowest BCUT2D eigenvalue weighted by Gasteiger charge is -2.35. The first-order chi connectivity index (χ1) is 10.2. The molecule has 2 N–H and O–H groups in total. The number of aliphatic hydroxyl groups is 2. The smallest absolute Gasteiger partial charge is 0.309 e. The molecule has 0 aromatic carbocycles. The fourth-order valence-electron chi connectivity index (χ4n) is 3.06. The Kier molecular flexibility index (Phi) is 4.92. The third kappa shape index (κ3) is 4.08. The van der Waals surface area contributed by atoms with Crippen LogP contribution in [0, 0.1) is 5.92 Å². The van der Waals surface area contributed by atoms with E-state index in [0.29, 0.717) is 31.6 Å². The van der Waals surface area contributed by atoms with Crippen LogP contribution in [0.15, 0.2) is 12.4 Å². The molecule has 1 fully saturated rings. The summed E-state index contributed by atoms with van der Waals surface area (Å²) >= 11 is 0. The average Bonchev–Trinajstić information content (AvgIpc) is 2.86. The van der Waals surface area contributed by atoms with Crippen molar-refractivity contribution >= 4 is 5.97 Å². The molecule has 6 heteroatoms. The van der Waals surface area contributed by atoms with Crippen molar-refractivity contribution in [1.82, 2.24) is 9.78 Å². The van der Waals surface area contributed by atoms with Gasteiger partial charge >= 0.3 is 5.97 Å². The summed E-state index contributed by atoms with van der Waals surface area (Å²) < 4.78 is 6.70. The van der Waals surface area contributed by atoms with Crippen LogP contribution in [0.1, 0.15) is 52.0 Å². The molecule has 2 rings (SSSR count). The second-order valence-corrected chi connectivity index (χ2v) is 6.82. The number of hydrogen-bond donors (Lipinski definition) is 2. The van der Waals surface area contributed by atoms with Crippen LogP contribution in [-0.4, -0.2) is 38.2 Å². The van der Waals surface area contributed by atoms with Crippen LogP contribution in [0.25, 0.3) is 0 Å². The van der Waals surface area contributed by atoms with E-state index in [-0.39, 0.29) is 11.9 Å². The fourth-order valence-corrected chi connectivity index (χ4v) is 3.06. The van der Waals surface area contributed by atoms with E-state index in [1.54, 1.807) is 37.8 Å². The molecule has 1 aliphatic rings. The molecule has 1 heterocycles. The van der Waals surface area contributed by atoms with E-state index in [9.17, 15) is 15.0 Å². The van der Waals surface area contributed by atoms with Gasteiger partial charge in [-0.2, -0.15) is 5.10 Å². The van der Waals surface area contributed by atoms with E-state index in [0.717, 1.165) is 12.8 Å².